The second-order valence-electron chi connectivity index (χ2n) is 5.24. The van der Waals surface area contributed by atoms with Gasteiger partial charge < -0.3 is 9.67 Å². The van der Waals surface area contributed by atoms with Crippen molar-refractivity contribution in [1.82, 2.24) is 9.55 Å². The molecule has 1 aromatic heterocycles. The summed E-state index contributed by atoms with van der Waals surface area (Å²) >= 11 is 0. The molecule has 1 aromatic rings. The fourth-order valence-electron chi connectivity index (χ4n) is 3.09. The molecule has 2 heterocycles. The molecule has 3 rings (SSSR count). The van der Waals surface area contributed by atoms with Crippen molar-refractivity contribution in [3.05, 3.63) is 17.2 Å². The molecule has 1 saturated carbocycles. The number of hydrogen-bond donors (Lipinski definition) is 1. The summed E-state index contributed by atoms with van der Waals surface area (Å²) in [4.78, 5) is 4.52. The van der Waals surface area contributed by atoms with Gasteiger partial charge in [-0.15, -0.1) is 0 Å². The molecule has 90 valence electrons. The number of fused-ring (bicyclic) bond motifs is 1. The summed E-state index contributed by atoms with van der Waals surface area (Å²) in [6.45, 7) is 1.12. The standard InChI is InChI=1S/C13H17N3O/c14-8-10-11-4-1-2-7-16(11)12(15-10)13(9-17)5-3-6-13/h17H,1-7,9H2. The Bertz CT molecular complexity index is 474. The lowest BCUT2D eigenvalue weighted by Gasteiger charge is -2.40. The SMILES string of the molecule is N#Cc1nc(C2(CO)CCC2)n2c1CCCC2. The Labute approximate surface area is 101 Å². The maximum Gasteiger partial charge on any atom is 0.162 e. The smallest absolute Gasteiger partial charge is 0.162 e. The largest absolute Gasteiger partial charge is 0.395 e. The van der Waals surface area contributed by atoms with Crippen molar-refractivity contribution < 1.29 is 5.11 Å². The van der Waals surface area contributed by atoms with Gasteiger partial charge in [-0.25, -0.2) is 4.98 Å². The van der Waals surface area contributed by atoms with Gasteiger partial charge in [-0.2, -0.15) is 5.26 Å². The van der Waals surface area contributed by atoms with Gasteiger partial charge in [0, 0.05) is 6.54 Å². The van der Waals surface area contributed by atoms with Crippen LogP contribution in [-0.2, 0) is 18.4 Å². The van der Waals surface area contributed by atoms with E-state index < -0.39 is 0 Å². The van der Waals surface area contributed by atoms with Crippen molar-refractivity contribution in [1.29, 1.82) is 5.26 Å². The lowest BCUT2D eigenvalue weighted by atomic mass is 9.68. The maximum absolute atomic E-state index is 9.64. The molecule has 0 bridgehead atoms. The third kappa shape index (κ3) is 1.42. The molecule has 0 atom stereocenters. The van der Waals surface area contributed by atoms with Gasteiger partial charge >= 0.3 is 0 Å². The van der Waals surface area contributed by atoms with E-state index in [2.05, 4.69) is 15.6 Å². The summed E-state index contributed by atoms with van der Waals surface area (Å²) in [5.41, 5.74) is 1.52. The normalized spacial score (nSPS) is 21.4. The third-order valence-electron chi connectivity index (χ3n) is 4.31. The van der Waals surface area contributed by atoms with Crippen molar-refractivity contribution in [2.45, 2.75) is 50.5 Å². The second-order valence-corrected chi connectivity index (χ2v) is 5.24. The third-order valence-corrected chi connectivity index (χ3v) is 4.31. The number of imidazole rings is 1. The van der Waals surface area contributed by atoms with Crippen LogP contribution in [0.3, 0.4) is 0 Å². The predicted octanol–water partition coefficient (Wildman–Crippen LogP) is 1.51. The van der Waals surface area contributed by atoms with Gasteiger partial charge in [-0.3, -0.25) is 0 Å². The lowest BCUT2D eigenvalue weighted by molar-refractivity contribution is 0.107. The first kappa shape index (κ1) is 10.8. The molecule has 0 amide bonds. The summed E-state index contributed by atoms with van der Waals surface area (Å²) in [7, 11) is 0. The zero-order valence-corrected chi connectivity index (χ0v) is 9.95. The Balaban J connectivity index is 2.11. The van der Waals surface area contributed by atoms with Crippen LogP contribution in [0.2, 0.25) is 0 Å². The highest BCUT2D eigenvalue weighted by Gasteiger charge is 2.43. The van der Waals surface area contributed by atoms with Gasteiger partial charge in [0.25, 0.3) is 0 Å². The highest BCUT2D eigenvalue weighted by Crippen LogP contribution is 2.43. The summed E-state index contributed by atoms with van der Waals surface area (Å²) < 4.78 is 2.21. The van der Waals surface area contributed by atoms with Gasteiger partial charge in [0.1, 0.15) is 11.9 Å². The highest BCUT2D eigenvalue weighted by atomic mass is 16.3. The van der Waals surface area contributed by atoms with E-state index in [0.717, 1.165) is 56.6 Å². The van der Waals surface area contributed by atoms with Crippen LogP contribution < -0.4 is 0 Å². The summed E-state index contributed by atoms with van der Waals surface area (Å²) in [5, 5.41) is 18.8. The number of nitriles is 1. The predicted molar refractivity (Wildman–Crippen MR) is 62.5 cm³/mol. The summed E-state index contributed by atoms with van der Waals surface area (Å²) in [6.07, 6.45) is 6.42. The minimum Gasteiger partial charge on any atom is -0.395 e. The quantitative estimate of drug-likeness (QED) is 0.839. The molecule has 4 nitrogen and oxygen atoms in total. The van der Waals surface area contributed by atoms with E-state index in [1.807, 2.05) is 0 Å². The number of aliphatic hydroxyl groups is 1. The van der Waals surface area contributed by atoms with Crippen LogP contribution in [-0.4, -0.2) is 21.3 Å². The molecule has 1 aliphatic heterocycles. The van der Waals surface area contributed by atoms with Gasteiger partial charge in [-0.1, -0.05) is 6.42 Å². The van der Waals surface area contributed by atoms with Gasteiger partial charge in [0.2, 0.25) is 0 Å². The zero-order chi connectivity index (χ0) is 11.9. The Kier molecular flexibility index (Phi) is 2.44. The Morgan fingerprint density at radius 1 is 1.35 bits per heavy atom. The fraction of sp³-hybridized carbons (Fsp3) is 0.692. The topological polar surface area (TPSA) is 61.8 Å². The maximum atomic E-state index is 9.64. The van der Waals surface area contributed by atoms with E-state index in [4.69, 9.17) is 5.26 Å². The van der Waals surface area contributed by atoms with Crippen LogP contribution in [0.1, 0.15) is 49.3 Å². The molecular formula is C13H17N3O. The molecular weight excluding hydrogens is 214 g/mol. The van der Waals surface area contributed by atoms with Crippen LogP contribution >= 0.6 is 0 Å². The summed E-state index contributed by atoms with van der Waals surface area (Å²) in [5.74, 6) is 0.970. The first-order chi connectivity index (χ1) is 8.30. The van der Waals surface area contributed by atoms with E-state index >= 15 is 0 Å². The number of rotatable bonds is 2. The molecule has 1 N–H and O–H groups in total. The van der Waals surface area contributed by atoms with Crippen molar-refractivity contribution in [2.75, 3.05) is 6.61 Å². The fourth-order valence-corrected chi connectivity index (χ4v) is 3.09. The van der Waals surface area contributed by atoms with Crippen LogP contribution in [0, 0.1) is 11.3 Å². The minimum absolute atomic E-state index is 0.152. The molecule has 0 spiro atoms. The average Bonchev–Trinajstić information content (AvgIpc) is 2.68. The number of aliphatic hydroxyl groups excluding tert-OH is 1. The number of nitrogens with zero attached hydrogens (tertiary/aromatic N) is 3. The molecule has 17 heavy (non-hydrogen) atoms. The first-order valence-electron chi connectivity index (χ1n) is 6.41. The highest BCUT2D eigenvalue weighted by molar-refractivity contribution is 5.33. The van der Waals surface area contributed by atoms with Crippen molar-refractivity contribution in [3.8, 4) is 6.07 Å². The molecule has 4 heteroatoms. The number of hydrogen-bond acceptors (Lipinski definition) is 3. The Morgan fingerprint density at radius 2 is 2.18 bits per heavy atom. The minimum atomic E-state index is -0.152. The molecule has 1 aliphatic carbocycles. The van der Waals surface area contributed by atoms with E-state index in [1.54, 1.807) is 0 Å². The Hall–Kier alpha value is -1.34. The lowest BCUT2D eigenvalue weighted by Crippen LogP contribution is -2.41. The number of aromatic nitrogens is 2. The van der Waals surface area contributed by atoms with E-state index in [9.17, 15) is 5.11 Å². The van der Waals surface area contributed by atoms with E-state index in [-0.39, 0.29) is 12.0 Å². The zero-order valence-electron chi connectivity index (χ0n) is 9.95. The van der Waals surface area contributed by atoms with E-state index in [0.29, 0.717) is 5.69 Å². The molecule has 1 fully saturated rings. The van der Waals surface area contributed by atoms with Crippen LogP contribution in [0.15, 0.2) is 0 Å². The van der Waals surface area contributed by atoms with Gasteiger partial charge in [0.15, 0.2) is 5.69 Å². The molecule has 0 aromatic carbocycles. The van der Waals surface area contributed by atoms with E-state index in [1.165, 1.54) is 0 Å². The van der Waals surface area contributed by atoms with Crippen molar-refractivity contribution >= 4 is 0 Å². The molecule has 0 radical (unpaired) electrons. The van der Waals surface area contributed by atoms with Crippen molar-refractivity contribution in [2.24, 2.45) is 0 Å². The van der Waals surface area contributed by atoms with Crippen molar-refractivity contribution in [3.63, 3.8) is 0 Å². The first-order valence-corrected chi connectivity index (χ1v) is 6.41. The molecule has 2 aliphatic rings. The van der Waals surface area contributed by atoms with Crippen LogP contribution in [0.5, 0.6) is 0 Å². The molecule has 0 saturated heterocycles. The Morgan fingerprint density at radius 3 is 2.76 bits per heavy atom. The average molecular weight is 231 g/mol. The molecule has 0 unspecified atom stereocenters. The van der Waals surface area contributed by atoms with Crippen LogP contribution in [0.25, 0.3) is 0 Å². The summed E-state index contributed by atoms with van der Waals surface area (Å²) in [6, 6.07) is 2.21. The van der Waals surface area contributed by atoms with Crippen LogP contribution in [0.4, 0.5) is 0 Å². The van der Waals surface area contributed by atoms with Gasteiger partial charge in [-0.05, 0) is 32.1 Å². The monoisotopic (exact) mass is 231 g/mol. The van der Waals surface area contributed by atoms with Gasteiger partial charge in [0.05, 0.1) is 17.7 Å². The second kappa shape index (κ2) is 3.85.